The van der Waals surface area contributed by atoms with E-state index >= 15 is 0 Å². The van der Waals surface area contributed by atoms with Crippen LogP contribution < -0.4 is 10.2 Å². The molecule has 2 amide bonds. The summed E-state index contributed by atoms with van der Waals surface area (Å²) in [6.07, 6.45) is 8.39. The number of benzene rings is 2. The van der Waals surface area contributed by atoms with E-state index in [1.54, 1.807) is 6.08 Å². The lowest BCUT2D eigenvalue weighted by Crippen LogP contribution is -2.57. The highest BCUT2D eigenvalue weighted by molar-refractivity contribution is 9.10. The van der Waals surface area contributed by atoms with Gasteiger partial charge in [-0.15, -0.1) is 0 Å². The predicted octanol–water partition coefficient (Wildman–Crippen LogP) is 7.13. The average Bonchev–Trinajstić information content (AvgIpc) is 3.11. The topological polar surface area (TPSA) is 58.6 Å². The molecule has 1 heterocycles. The maximum Gasteiger partial charge on any atom is 0.285 e. The van der Waals surface area contributed by atoms with Crippen molar-refractivity contribution in [2.24, 2.45) is 23.2 Å². The summed E-state index contributed by atoms with van der Waals surface area (Å²) in [7, 11) is 0. The highest BCUT2D eigenvalue weighted by Crippen LogP contribution is 2.60. The lowest BCUT2D eigenvalue weighted by molar-refractivity contribution is -0.152. The molecule has 37 heavy (non-hydrogen) atoms. The van der Waals surface area contributed by atoms with E-state index in [0.717, 1.165) is 34.9 Å². The maximum atomic E-state index is 13.5. The van der Waals surface area contributed by atoms with Crippen LogP contribution in [0.15, 0.2) is 51.8 Å². The van der Waals surface area contributed by atoms with Gasteiger partial charge in [0.15, 0.2) is 4.32 Å². The zero-order valence-electron chi connectivity index (χ0n) is 20.0. The number of carbonyl (C=O) groups excluding carboxylic acids is 2. The van der Waals surface area contributed by atoms with Crippen LogP contribution in [-0.2, 0) is 16.2 Å². The number of carbonyl (C=O) groups is 2. The SMILES string of the molecule is O=C1/C(=C\c2ccc(OCc3ccccc3Cl)c(Br)c2)SC(=S)N1NC(=O)C12CC3CC(CC(C3)C1)C2. The molecular weight excluding hydrogens is 592 g/mol. The third-order valence-electron chi connectivity index (χ3n) is 8.12. The van der Waals surface area contributed by atoms with Crippen LogP contribution in [0.5, 0.6) is 5.75 Å². The minimum atomic E-state index is -0.341. The molecule has 0 atom stereocenters. The summed E-state index contributed by atoms with van der Waals surface area (Å²) in [5.74, 6) is 2.30. The number of amides is 2. The largest absolute Gasteiger partial charge is 0.488 e. The van der Waals surface area contributed by atoms with Crippen LogP contribution in [0.3, 0.4) is 0 Å². The number of hydrogen-bond acceptors (Lipinski definition) is 5. The van der Waals surface area contributed by atoms with Crippen molar-refractivity contribution in [3.05, 3.63) is 68.0 Å². The van der Waals surface area contributed by atoms with Gasteiger partial charge in [0.2, 0.25) is 5.91 Å². The van der Waals surface area contributed by atoms with Crippen LogP contribution >= 0.6 is 51.5 Å². The normalized spacial score (nSPS) is 29.3. The van der Waals surface area contributed by atoms with Gasteiger partial charge in [0.1, 0.15) is 12.4 Å². The summed E-state index contributed by atoms with van der Waals surface area (Å²) in [6, 6.07) is 13.2. The molecular formula is C28H26BrClN2O3S2. The molecule has 1 aliphatic heterocycles. The molecule has 0 spiro atoms. The first kappa shape index (κ1) is 25.4. The van der Waals surface area contributed by atoms with E-state index in [9.17, 15) is 9.59 Å². The Balaban J connectivity index is 1.13. The highest BCUT2D eigenvalue weighted by atomic mass is 79.9. The molecule has 1 N–H and O–H groups in total. The van der Waals surface area contributed by atoms with Crippen molar-refractivity contribution in [1.82, 2.24) is 10.4 Å². The first-order valence-corrected chi connectivity index (χ1v) is 14.9. The second-order valence-corrected chi connectivity index (χ2v) is 13.7. The van der Waals surface area contributed by atoms with Crippen molar-refractivity contribution in [2.75, 3.05) is 0 Å². The third kappa shape index (κ3) is 4.98. The number of hydrazine groups is 1. The van der Waals surface area contributed by atoms with Crippen molar-refractivity contribution in [2.45, 2.75) is 45.1 Å². The molecule has 4 aliphatic carbocycles. The van der Waals surface area contributed by atoms with Gasteiger partial charge in [0, 0.05) is 10.6 Å². The van der Waals surface area contributed by atoms with Gasteiger partial charge >= 0.3 is 0 Å². The Bertz CT molecular complexity index is 1290. The van der Waals surface area contributed by atoms with Gasteiger partial charge in [0.25, 0.3) is 5.91 Å². The van der Waals surface area contributed by atoms with Crippen molar-refractivity contribution in [1.29, 1.82) is 0 Å². The zero-order valence-corrected chi connectivity index (χ0v) is 24.0. The van der Waals surface area contributed by atoms with Crippen LogP contribution in [0.2, 0.25) is 5.02 Å². The van der Waals surface area contributed by atoms with Crippen molar-refractivity contribution < 1.29 is 14.3 Å². The Labute approximate surface area is 239 Å². The summed E-state index contributed by atoms with van der Waals surface area (Å²) < 4.78 is 7.05. The molecule has 4 saturated carbocycles. The molecule has 4 bridgehead atoms. The number of halogens is 2. The first-order chi connectivity index (χ1) is 17.8. The number of hydrogen-bond donors (Lipinski definition) is 1. The fourth-order valence-corrected chi connectivity index (χ4v) is 8.70. The number of nitrogens with one attached hydrogen (secondary N) is 1. The van der Waals surface area contributed by atoms with Gasteiger partial charge in [0.05, 0.1) is 14.8 Å². The van der Waals surface area contributed by atoms with Gasteiger partial charge < -0.3 is 4.74 Å². The fourth-order valence-electron chi connectivity index (χ4n) is 6.82. The monoisotopic (exact) mass is 616 g/mol. The Morgan fingerprint density at radius 3 is 2.49 bits per heavy atom. The lowest BCUT2D eigenvalue weighted by atomic mass is 9.49. The lowest BCUT2D eigenvalue weighted by Gasteiger charge is -2.55. The Kier molecular flexibility index (Phi) is 6.88. The molecule has 5 aliphatic rings. The average molecular weight is 618 g/mol. The summed E-state index contributed by atoms with van der Waals surface area (Å²) >= 11 is 16.5. The molecule has 9 heteroatoms. The van der Waals surface area contributed by atoms with Crippen molar-refractivity contribution in [3.8, 4) is 5.75 Å². The van der Waals surface area contributed by atoms with Crippen LogP contribution in [0.1, 0.15) is 49.7 Å². The Hall–Kier alpha value is -1.87. The van der Waals surface area contributed by atoms with E-state index in [1.807, 2.05) is 42.5 Å². The molecule has 5 nitrogen and oxygen atoms in total. The number of nitrogens with zero attached hydrogens (tertiary/aromatic N) is 1. The van der Waals surface area contributed by atoms with Crippen LogP contribution in [-0.4, -0.2) is 21.1 Å². The number of thioether (sulfide) groups is 1. The van der Waals surface area contributed by atoms with Gasteiger partial charge in [-0.2, -0.15) is 5.01 Å². The maximum absolute atomic E-state index is 13.5. The molecule has 192 valence electrons. The van der Waals surface area contributed by atoms with Gasteiger partial charge in [-0.05, 0) is 114 Å². The summed E-state index contributed by atoms with van der Waals surface area (Å²) in [5, 5.41) is 1.93. The molecule has 7 rings (SSSR count). The van der Waals surface area contributed by atoms with Crippen molar-refractivity contribution in [3.63, 3.8) is 0 Å². The second-order valence-electron chi connectivity index (χ2n) is 10.7. The number of rotatable bonds is 6. The standard InChI is InChI=1S/C28H26BrClN2O3S2/c29-21-10-16(5-6-23(21)35-15-20-3-1-2-4-22(20)30)11-24-25(33)32(27(36)37-24)31-26(34)28-12-17-7-18(13-28)9-19(8-17)14-28/h1-6,10-11,17-19H,7-9,12-15H2,(H,31,34)/b24-11+. The fraction of sp³-hybridized carbons (Fsp3) is 0.393. The highest BCUT2D eigenvalue weighted by Gasteiger charge is 2.55. The second kappa shape index (κ2) is 10.0. The molecule has 1 saturated heterocycles. The van der Waals surface area contributed by atoms with Crippen LogP contribution in [0, 0.1) is 23.2 Å². The number of ether oxygens (including phenoxy) is 1. The van der Waals surface area contributed by atoms with Gasteiger partial charge in [-0.1, -0.05) is 47.6 Å². The van der Waals surface area contributed by atoms with Crippen molar-refractivity contribution >= 4 is 73.7 Å². The summed E-state index contributed by atoms with van der Waals surface area (Å²) in [6.45, 7) is 0.347. The molecule has 0 unspecified atom stereocenters. The zero-order chi connectivity index (χ0) is 25.7. The molecule has 0 radical (unpaired) electrons. The summed E-state index contributed by atoms with van der Waals surface area (Å²) in [5.41, 5.74) is 4.30. The first-order valence-electron chi connectivity index (χ1n) is 12.5. The predicted molar refractivity (Wildman–Crippen MR) is 154 cm³/mol. The molecule has 0 aromatic heterocycles. The van der Waals surface area contributed by atoms with Gasteiger partial charge in [-0.3, -0.25) is 15.0 Å². The summed E-state index contributed by atoms with van der Waals surface area (Å²) in [4.78, 5) is 27.1. The van der Waals surface area contributed by atoms with Gasteiger partial charge in [-0.25, -0.2) is 0 Å². The van der Waals surface area contributed by atoms with E-state index < -0.39 is 0 Å². The van der Waals surface area contributed by atoms with E-state index in [0.29, 0.717) is 44.4 Å². The van der Waals surface area contributed by atoms with Crippen LogP contribution in [0.25, 0.3) is 6.08 Å². The van der Waals surface area contributed by atoms with E-state index in [4.69, 9.17) is 28.6 Å². The minimum Gasteiger partial charge on any atom is -0.488 e. The third-order valence-corrected chi connectivity index (χ3v) is 10.4. The molecule has 2 aromatic rings. The molecule has 5 fully saturated rings. The van der Waals surface area contributed by atoms with E-state index in [2.05, 4.69) is 21.4 Å². The van der Waals surface area contributed by atoms with E-state index in [1.165, 1.54) is 36.0 Å². The van der Waals surface area contributed by atoms with E-state index in [-0.39, 0.29) is 17.2 Å². The molecule has 2 aromatic carbocycles. The number of thiocarbonyl (C=S) groups is 1. The smallest absolute Gasteiger partial charge is 0.285 e. The minimum absolute atomic E-state index is 0.0353. The Morgan fingerprint density at radius 2 is 1.84 bits per heavy atom. The van der Waals surface area contributed by atoms with Crippen LogP contribution in [0.4, 0.5) is 0 Å². The Morgan fingerprint density at radius 1 is 1.16 bits per heavy atom. The quantitative estimate of drug-likeness (QED) is 0.276.